The number of nitrogens with one attached hydrogen (secondary N) is 1. The molecule has 2 atom stereocenters. The summed E-state index contributed by atoms with van der Waals surface area (Å²) in [5.41, 5.74) is 6.68. The first-order chi connectivity index (χ1) is 8.04. The summed E-state index contributed by atoms with van der Waals surface area (Å²) in [5, 5.41) is 3.61. The number of carbonyl (C=O) groups is 1. The molecule has 3 nitrogen and oxygen atoms in total. The average Bonchev–Trinajstić information content (AvgIpc) is 2.31. The predicted octanol–water partition coefficient (Wildman–Crippen LogP) is 2.12. The van der Waals surface area contributed by atoms with Gasteiger partial charge in [0, 0.05) is 11.1 Å². The second kappa shape index (κ2) is 6.62. The highest BCUT2D eigenvalue weighted by atomic mass is 35.5. The second-order valence-electron chi connectivity index (χ2n) is 4.22. The number of hydrogen-bond acceptors (Lipinski definition) is 2. The molecule has 0 bridgehead atoms. The monoisotopic (exact) mass is 254 g/mol. The third kappa shape index (κ3) is 4.36. The van der Waals surface area contributed by atoms with Crippen molar-refractivity contribution in [1.82, 2.24) is 5.32 Å². The first kappa shape index (κ1) is 14.0. The lowest BCUT2D eigenvalue weighted by Gasteiger charge is -2.17. The highest BCUT2D eigenvalue weighted by molar-refractivity contribution is 6.31. The van der Waals surface area contributed by atoms with Gasteiger partial charge in [-0.1, -0.05) is 36.7 Å². The van der Waals surface area contributed by atoms with Crippen LogP contribution in [0.15, 0.2) is 24.3 Å². The fourth-order valence-corrected chi connectivity index (χ4v) is 1.79. The van der Waals surface area contributed by atoms with Crippen molar-refractivity contribution in [3.8, 4) is 0 Å². The molecule has 4 heteroatoms. The van der Waals surface area contributed by atoms with E-state index in [0.717, 1.165) is 10.6 Å². The molecule has 0 saturated heterocycles. The van der Waals surface area contributed by atoms with Gasteiger partial charge in [-0.15, -0.1) is 0 Å². The lowest BCUT2D eigenvalue weighted by Crippen LogP contribution is -2.44. The number of halogens is 1. The van der Waals surface area contributed by atoms with Crippen LogP contribution >= 0.6 is 11.6 Å². The van der Waals surface area contributed by atoms with Crippen LogP contribution in [-0.4, -0.2) is 18.0 Å². The molecular formula is C13H19ClN2O. The van der Waals surface area contributed by atoms with E-state index < -0.39 is 6.04 Å². The smallest absolute Gasteiger partial charge is 0.237 e. The Kier molecular flexibility index (Phi) is 5.45. The number of amides is 1. The van der Waals surface area contributed by atoms with E-state index in [1.165, 1.54) is 0 Å². The van der Waals surface area contributed by atoms with Crippen molar-refractivity contribution < 1.29 is 4.79 Å². The number of carbonyl (C=O) groups excluding carboxylic acids is 1. The van der Waals surface area contributed by atoms with E-state index in [1.807, 2.05) is 38.1 Å². The Morgan fingerprint density at radius 2 is 2.12 bits per heavy atom. The minimum absolute atomic E-state index is 0.0278. The molecule has 0 fully saturated rings. The average molecular weight is 255 g/mol. The van der Waals surface area contributed by atoms with Crippen LogP contribution in [0.2, 0.25) is 5.02 Å². The number of nitrogens with two attached hydrogens (primary N) is 1. The summed E-state index contributed by atoms with van der Waals surface area (Å²) in [6.07, 6.45) is 1.35. The normalized spacial score (nSPS) is 14.1. The van der Waals surface area contributed by atoms with E-state index >= 15 is 0 Å². The third-order valence-electron chi connectivity index (χ3n) is 2.65. The second-order valence-corrected chi connectivity index (χ2v) is 4.63. The van der Waals surface area contributed by atoms with Crippen LogP contribution in [0, 0.1) is 0 Å². The lowest BCUT2D eigenvalue weighted by atomic mass is 10.1. The Morgan fingerprint density at radius 3 is 2.71 bits per heavy atom. The van der Waals surface area contributed by atoms with Crippen molar-refractivity contribution in [3.63, 3.8) is 0 Å². The summed E-state index contributed by atoms with van der Waals surface area (Å²) in [4.78, 5) is 11.6. The molecule has 17 heavy (non-hydrogen) atoms. The molecule has 0 aliphatic heterocycles. The molecule has 0 aliphatic carbocycles. The van der Waals surface area contributed by atoms with Gasteiger partial charge in [-0.2, -0.15) is 0 Å². The molecular weight excluding hydrogens is 236 g/mol. The van der Waals surface area contributed by atoms with Gasteiger partial charge in [0.05, 0.1) is 6.04 Å². The van der Waals surface area contributed by atoms with E-state index in [2.05, 4.69) is 5.32 Å². The van der Waals surface area contributed by atoms with E-state index in [4.69, 9.17) is 17.3 Å². The largest absolute Gasteiger partial charge is 0.352 e. The maximum Gasteiger partial charge on any atom is 0.237 e. The fourth-order valence-electron chi connectivity index (χ4n) is 1.58. The van der Waals surface area contributed by atoms with Crippen molar-refractivity contribution in [2.75, 3.05) is 0 Å². The van der Waals surface area contributed by atoms with Crippen molar-refractivity contribution >= 4 is 17.5 Å². The highest BCUT2D eigenvalue weighted by Crippen LogP contribution is 2.16. The van der Waals surface area contributed by atoms with Gasteiger partial charge in [0.1, 0.15) is 0 Å². The molecule has 0 aromatic heterocycles. The molecule has 0 spiro atoms. The molecule has 1 amide bonds. The maximum atomic E-state index is 11.6. The van der Waals surface area contributed by atoms with E-state index in [-0.39, 0.29) is 11.9 Å². The quantitative estimate of drug-likeness (QED) is 0.846. The van der Waals surface area contributed by atoms with Crippen LogP contribution in [0.4, 0.5) is 0 Å². The summed E-state index contributed by atoms with van der Waals surface area (Å²) < 4.78 is 0. The SMILES string of the molecule is CC[C@H](N)C(=O)NC(C)Cc1ccccc1Cl. The van der Waals surface area contributed by atoms with Crippen molar-refractivity contribution in [1.29, 1.82) is 0 Å². The molecule has 1 rings (SSSR count). The Labute approximate surface area is 107 Å². The summed E-state index contributed by atoms with van der Waals surface area (Å²) in [5.74, 6) is -0.105. The summed E-state index contributed by atoms with van der Waals surface area (Å²) in [6, 6.07) is 7.24. The maximum absolute atomic E-state index is 11.6. The first-order valence-corrected chi connectivity index (χ1v) is 6.21. The Morgan fingerprint density at radius 1 is 1.47 bits per heavy atom. The van der Waals surface area contributed by atoms with Gasteiger partial charge in [0.2, 0.25) is 5.91 Å². The zero-order valence-corrected chi connectivity index (χ0v) is 11.0. The Hall–Kier alpha value is -1.06. The van der Waals surface area contributed by atoms with Gasteiger partial charge >= 0.3 is 0 Å². The third-order valence-corrected chi connectivity index (χ3v) is 3.02. The Bertz CT molecular complexity index is 381. The fraction of sp³-hybridized carbons (Fsp3) is 0.462. The van der Waals surface area contributed by atoms with E-state index in [0.29, 0.717) is 12.8 Å². The molecule has 1 unspecified atom stereocenters. The van der Waals surface area contributed by atoms with Gasteiger partial charge in [0.15, 0.2) is 0 Å². The van der Waals surface area contributed by atoms with E-state index in [9.17, 15) is 4.79 Å². The topological polar surface area (TPSA) is 55.1 Å². The van der Waals surface area contributed by atoms with Gasteiger partial charge in [0.25, 0.3) is 0 Å². The van der Waals surface area contributed by atoms with Crippen LogP contribution in [0.5, 0.6) is 0 Å². The summed E-state index contributed by atoms with van der Waals surface area (Å²) in [7, 11) is 0. The number of hydrogen-bond donors (Lipinski definition) is 2. The molecule has 94 valence electrons. The number of benzene rings is 1. The standard InChI is InChI=1S/C13H19ClN2O/c1-3-12(15)13(17)16-9(2)8-10-6-4-5-7-11(10)14/h4-7,9,12H,3,8,15H2,1-2H3,(H,16,17)/t9?,12-/m0/s1. The zero-order chi connectivity index (χ0) is 12.8. The molecule has 0 radical (unpaired) electrons. The van der Waals surface area contributed by atoms with Crippen molar-refractivity contribution in [2.45, 2.75) is 38.8 Å². The van der Waals surface area contributed by atoms with Crippen molar-refractivity contribution in [3.05, 3.63) is 34.9 Å². The number of rotatable bonds is 5. The molecule has 3 N–H and O–H groups in total. The summed E-state index contributed by atoms with van der Waals surface area (Å²) >= 11 is 6.06. The van der Waals surface area contributed by atoms with Crippen LogP contribution < -0.4 is 11.1 Å². The minimum atomic E-state index is -0.427. The highest BCUT2D eigenvalue weighted by Gasteiger charge is 2.14. The van der Waals surface area contributed by atoms with Crippen LogP contribution in [0.1, 0.15) is 25.8 Å². The summed E-state index contributed by atoms with van der Waals surface area (Å²) in [6.45, 7) is 3.84. The first-order valence-electron chi connectivity index (χ1n) is 5.84. The minimum Gasteiger partial charge on any atom is -0.352 e. The lowest BCUT2D eigenvalue weighted by molar-refractivity contribution is -0.123. The van der Waals surface area contributed by atoms with Gasteiger partial charge in [-0.05, 0) is 31.4 Å². The van der Waals surface area contributed by atoms with Gasteiger partial charge in [-0.3, -0.25) is 4.79 Å². The molecule has 0 saturated carbocycles. The molecule has 1 aromatic carbocycles. The molecule has 1 aromatic rings. The van der Waals surface area contributed by atoms with E-state index in [1.54, 1.807) is 0 Å². The Balaban J connectivity index is 2.53. The molecule has 0 aliphatic rings. The van der Waals surface area contributed by atoms with Crippen LogP contribution in [0.3, 0.4) is 0 Å². The van der Waals surface area contributed by atoms with Crippen LogP contribution in [0.25, 0.3) is 0 Å². The zero-order valence-electron chi connectivity index (χ0n) is 10.2. The van der Waals surface area contributed by atoms with Crippen LogP contribution in [-0.2, 0) is 11.2 Å². The van der Waals surface area contributed by atoms with Gasteiger partial charge in [-0.25, -0.2) is 0 Å². The van der Waals surface area contributed by atoms with Gasteiger partial charge < -0.3 is 11.1 Å². The predicted molar refractivity (Wildman–Crippen MR) is 71.0 cm³/mol. The van der Waals surface area contributed by atoms with Crippen molar-refractivity contribution in [2.24, 2.45) is 5.73 Å². The molecule has 0 heterocycles.